The monoisotopic (exact) mass is 373 g/mol. The molecular weight excluding hydrogens is 354 g/mol. The van der Waals surface area contributed by atoms with E-state index in [0.29, 0.717) is 11.3 Å². The van der Waals surface area contributed by atoms with Gasteiger partial charge in [-0.15, -0.1) is 0 Å². The Morgan fingerprint density at radius 2 is 1.39 bits per heavy atom. The Labute approximate surface area is 162 Å². The summed E-state index contributed by atoms with van der Waals surface area (Å²) in [6, 6.07) is 25.0. The van der Waals surface area contributed by atoms with Gasteiger partial charge in [-0.05, 0) is 35.7 Å². The van der Waals surface area contributed by atoms with Crippen LogP contribution in [-0.2, 0) is 4.79 Å². The average molecular weight is 373 g/mol. The lowest BCUT2D eigenvalue weighted by Crippen LogP contribution is -2.27. The third kappa shape index (κ3) is 4.48. The maximum Gasteiger partial charge on any atom is 0.269 e. The number of carbonyl (C=O) groups excluding carboxylic acids is 1. The van der Waals surface area contributed by atoms with Crippen molar-refractivity contribution in [3.8, 4) is 0 Å². The molecule has 1 amide bonds. The molecule has 0 aliphatic carbocycles. The molecule has 0 aliphatic heterocycles. The highest BCUT2D eigenvalue weighted by Crippen LogP contribution is 2.24. The van der Waals surface area contributed by atoms with Gasteiger partial charge in [-0.3, -0.25) is 14.9 Å². The molecule has 1 N–H and O–H groups in total. The van der Waals surface area contributed by atoms with Gasteiger partial charge in [-0.2, -0.15) is 5.10 Å². The van der Waals surface area contributed by atoms with Crippen LogP contribution in [0.2, 0.25) is 0 Å². The lowest BCUT2D eigenvalue weighted by Gasteiger charge is -2.16. The SMILES string of the molecule is C/C(=N/NC(=O)C(c1ccccc1)c1ccccc1)c1ccc([N+](=O)[O-])cc1. The van der Waals surface area contributed by atoms with Crippen LogP contribution in [-0.4, -0.2) is 16.5 Å². The quantitative estimate of drug-likeness (QED) is 0.398. The summed E-state index contributed by atoms with van der Waals surface area (Å²) in [5.74, 6) is -0.741. The van der Waals surface area contributed by atoms with Crippen LogP contribution >= 0.6 is 0 Å². The Morgan fingerprint density at radius 1 is 0.893 bits per heavy atom. The van der Waals surface area contributed by atoms with Crippen molar-refractivity contribution in [1.29, 1.82) is 0 Å². The number of amides is 1. The summed E-state index contributed by atoms with van der Waals surface area (Å²) in [6.07, 6.45) is 0. The maximum absolute atomic E-state index is 12.9. The number of benzene rings is 3. The molecule has 0 radical (unpaired) electrons. The standard InChI is InChI=1S/C22H19N3O3/c1-16(17-12-14-20(15-13-17)25(27)28)23-24-22(26)21(18-8-4-2-5-9-18)19-10-6-3-7-11-19/h2-15,21H,1H3,(H,24,26)/b23-16-. The molecule has 0 fully saturated rings. The van der Waals surface area contributed by atoms with E-state index in [4.69, 9.17) is 0 Å². The fourth-order valence-electron chi connectivity index (χ4n) is 2.88. The van der Waals surface area contributed by atoms with Crippen LogP contribution in [0.3, 0.4) is 0 Å². The van der Waals surface area contributed by atoms with Crippen LogP contribution in [0.4, 0.5) is 5.69 Å². The Kier molecular flexibility index (Phi) is 5.91. The molecule has 0 atom stereocenters. The van der Waals surface area contributed by atoms with Crippen LogP contribution in [0.25, 0.3) is 0 Å². The van der Waals surface area contributed by atoms with Gasteiger partial charge < -0.3 is 0 Å². The number of nitrogens with one attached hydrogen (secondary N) is 1. The molecule has 6 nitrogen and oxygen atoms in total. The van der Waals surface area contributed by atoms with Crippen molar-refractivity contribution in [2.75, 3.05) is 0 Å². The summed E-state index contributed by atoms with van der Waals surface area (Å²) in [5, 5.41) is 14.9. The number of non-ortho nitro benzene ring substituents is 1. The molecule has 0 aromatic heterocycles. The third-order valence-corrected chi connectivity index (χ3v) is 4.36. The lowest BCUT2D eigenvalue weighted by molar-refractivity contribution is -0.384. The number of nitrogens with zero attached hydrogens (tertiary/aromatic N) is 2. The van der Waals surface area contributed by atoms with Crippen LogP contribution in [0, 0.1) is 10.1 Å². The van der Waals surface area contributed by atoms with Gasteiger partial charge in [-0.1, -0.05) is 60.7 Å². The second-order valence-electron chi connectivity index (χ2n) is 6.23. The van der Waals surface area contributed by atoms with Crippen LogP contribution in [0.15, 0.2) is 90.0 Å². The first-order valence-corrected chi connectivity index (χ1v) is 8.75. The fourth-order valence-corrected chi connectivity index (χ4v) is 2.88. The van der Waals surface area contributed by atoms with Gasteiger partial charge in [0.15, 0.2) is 0 Å². The minimum Gasteiger partial charge on any atom is -0.272 e. The number of hydrogen-bond acceptors (Lipinski definition) is 4. The van der Waals surface area contributed by atoms with Gasteiger partial charge in [0.1, 0.15) is 0 Å². The maximum atomic E-state index is 12.9. The normalized spacial score (nSPS) is 11.3. The Hall–Kier alpha value is -3.80. The lowest BCUT2D eigenvalue weighted by atomic mass is 9.91. The summed E-state index contributed by atoms with van der Waals surface area (Å²) in [7, 11) is 0. The zero-order valence-corrected chi connectivity index (χ0v) is 15.3. The van der Waals surface area contributed by atoms with Crippen molar-refractivity contribution in [2.45, 2.75) is 12.8 Å². The highest BCUT2D eigenvalue weighted by molar-refractivity contribution is 5.99. The predicted octanol–water partition coefficient (Wildman–Crippen LogP) is 4.27. The van der Waals surface area contributed by atoms with E-state index in [9.17, 15) is 14.9 Å². The summed E-state index contributed by atoms with van der Waals surface area (Å²) in [4.78, 5) is 23.2. The van der Waals surface area contributed by atoms with Crippen molar-refractivity contribution >= 4 is 17.3 Å². The Balaban J connectivity index is 1.82. The highest BCUT2D eigenvalue weighted by Gasteiger charge is 2.22. The average Bonchev–Trinajstić information content (AvgIpc) is 2.74. The predicted molar refractivity (Wildman–Crippen MR) is 108 cm³/mol. The molecule has 140 valence electrons. The third-order valence-electron chi connectivity index (χ3n) is 4.36. The van der Waals surface area contributed by atoms with Crippen molar-refractivity contribution in [3.63, 3.8) is 0 Å². The van der Waals surface area contributed by atoms with Gasteiger partial charge in [0.25, 0.3) is 11.6 Å². The van der Waals surface area contributed by atoms with E-state index in [2.05, 4.69) is 10.5 Å². The van der Waals surface area contributed by atoms with Crippen molar-refractivity contribution in [1.82, 2.24) is 5.43 Å². The Morgan fingerprint density at radius 3 is 1.86 bits per heavy atom. The van der Waals surface area contributed by atoms with E-state index < -0.39 is 10.8 Å². The van der Waals surface area contributed by atoms with Gasteiger partial charge in [-0.25, -0.2) is 5.43 Å². The van der Waals surface area contributed by atoms with E-state index in [1.165, 1.54) is 12.1 Å². The van der Waals surface area contributed by atoms with E-state index in [1.807, 2.05) is 60.7 Å². The molecule has 0 bridgehead atoms. The van der Waals surface area contributed by atoms with E-state index in [0.717, 1.165) is 11.1 Å². The zero-order valence-electron chi connectivity index (χ0n) is 15.3. The number of rotatable bonds is 6. The van der Waals surface area contributed by atoms with Crippen molar-refractivity contribution in [3.05, 3.63) is 112 Å². The topological polar surface area (TPSA) is 84.6 Å². The van der Waals surface area contributed by atoms with E-state index in [-0.39, 0.29) is 11.6 Å². The second-order valence-corrected chi connectivity index (χ2v) is 6.23. The zero-order chi connectivity index (χ0) is 19.9. The molecule has 3 rings (SSSR count). The Bertz CT molecular complexity index is 945. The highest BCUT2D eigenvalue weighted by atomic mass is 16.6. The summed E-state index contributed by atoms with van der Waals surface area (Å²) in [5.41, 5.74) is 5.63. The largest absolute Gasteiger partial charge is 0.272 e. The first-order valence-electron chi connectivity index (χ1n) is 8.75. The number of nitro benzene ring substituents is 1. The van der Waals surface area contributed by atoms with Gasteiger partial charge in [0.2, 0.25) is 0 Å². The number of hydrogen-bond donors (Lipinski definition) is 1. The molecule has 6 heteroatoms. The van der Waals surface area contributed by atoms with Crippen LogP contribution in [0.5, 0.6) is 0 Å². The second kappa shape index (κ2) is 8.73. The fraction of sp³-hybridized carbons (Fsp3) is 0.0909. The van der Waals surface area contributed by atoms with Crippen LogP contribution in [0.1, 0.15) is 29.5 Å². The van der Waals surface area contributed by atoms with E-state index >= 15 is 0 Å². The molecule has 3 aromatic rings. The molecule has 3 aromatic carbocycles. The van der Waals surface area contributed by atoms with E-state index in [1.54, 1.807) is 19.1 Å². The molecule has 0 saturated carbocycles. The van der Waals surface area contributed by atoms with Crippen LogP contribution < -0.4 is 5.43 Å². The van der Waals surface area contributed by atoms with Crippen molar-refractivity contribution in [2.24, 2.45) is 5.10 Å². The van der Waals surface area contributed by atoms with Gasteiger partial charge in [0.05, 0.1) is 16.6 Å². The number of carbonyl (C=O) groups is 1. The smallest absolute Gasteiger partial charge is 0.269 e. The summed E-state index contributed by atoms with van der Waals surface area (Å²) < 4.78 is 0. The van der Waals surface area contributed by atoms with Gasteiger partial charge >= 0.3 is 0 Å². The number of hydrazone groups is 1. The minimum atomic E-state index is -0.490. The first kappa shape index (κ1) is 19.0. The summed E-state index contributed by atoms with van der Waals surface area (Å²) >= 11 is 0. The van der Waals surface area contributed by atoms with Gasteiger partial charge in [0, 0.05) is 12.1 Å². The molecule has 0 spiro atoms. The van der Waals surface area contributed by atoms with Crippen molar-refractivity contribution < 1.29 is 9.72 Å². The molecule has 0 saturated heterocycles. The summed E-state index contributed by atoms with van der Waals surface area (Å²) in [6.45, 7) is 1.74. The molecule has 0 aliphatic rings. The molecule has 0 unspecified atom stereocenters. The number of nitro groups is 1. The first-order chi connectivity index (χ1) is 13.6. The molecular formula is C22H19N3O3. The molecule has 0 heterocycles. The minimum absolute atomic E-state index is 0.00815. The molecule has 28 heavy (non-hydrogen) atoms.